The van der Waals surface area contributed by atoms with Crippen LogP contribution in [0.5, 0.6) is 0 Å². The van der Waals surface area contributed by atoms with Gasteiger partial charge in [-0.15, -0.1) is 0 Å². The summed E-state index contributed by atoms with van der Waals surface area (Å²) in [6.07, 6.45) is 3.92. The fourth-order valence-corrected chi connectivity index (χ4v) is 3.74. The molecule has 2 aromatic heterocycles. The summed E-state index contributed by atoms with van der Waals surface area (Å²) in [7, 11) is 0. The maximum absolute atomic E-state index is 13.1. The Morgan fingerprint density at radius 1 is 1.19 bits per heavy atom. The lowest BCUT2D eigenvalue weighted by Gasteiger charge is -2.37. The Balaban J connectivity index is 1.90. The number of carbonyl (C=O) groups excluding carboxylic acids is 1. The van der Waals surface area contributed by atoms with Gasteiger partial charge in [0.2, 0.25) is 11.4 Å². The second kappa shape index (κ2) is 9.88. The summed E-state index contributed by atoms with van der Waals surface area (Å²) in [5.74, 6) is -0.150. The second-order valence-electron chi connectivity index (χ2n) is 7.39. The predicted molar refractivity (Wildman–Crippen MR) is 121 cm³/mol. The third kappa shape index (κ3) is 4.35. The molecule has 9 nitrogen and oxygen atoms in total. The highest BCUT2D eigenvalue weighted by molar-refractivity contribution is 5.93. The fourth-order valence-electron chi connectivity index (χ4n) is 3.74. The average Bonchev–Trinajstić information content (AvgIpc) is 2.84. The van der Waals surface area contributed by atoms with Crippen molar-refractivity contribution >= 4 is 23.0 Å². The minimum Gasteiger partial charge on any atom is -0.462 e. The van der Waals surface area contributed by atoms with Crippen LogP contribution in [0.15, 0.2) is 47.5 Å². The van der Waals surface area contributed by atoms with Crippen LogP contribution in [0.1, 0.15) is 30.6 Å². The highest BCUT2D eigenvalue weighted by Gasteiger charge is 2.23. The van der Waals surface area contributed by atoms with E-state index in [1.807, 2.05) is 35.3 Å². The first-order valence-electron chi connectivity index (χ1n) is 10.9. The molecule has 9 heteroatoms. The molecule has 1 saturated heterocycles. The molecule has 1 aliphatic rings. The van der Waals surface area contributed by atoms with E-state index in [4.69, 9.17) is 14.5 Å². The Morgan fingerprint density at radius 2 is 1.94 bits per heavy atom. The lowest BCUT2D eigenvalue weighted by molar-refractivity contribution is 0.0308. The number of carbonyl (C=O) groups is 1. The number of morpholine rings is 1. The molecular formula is C23H27N5O4. The number of anilines is 1. The van der Waals surface area contributed by atoms with Crippen molar-refractivity contribution in [2.45, 2.75) is 20.3 Å². The molecule has 1 aliphatic heterocycles. The normalized spacial score (nSPS) is 14.4. The number of fused-ring (bicyclic) bond motifs is 1. The van der Waals surface area contributed by atoms with Crippen LogP contribution in [0.4, 0.5) is 5.95 Å². The van der Waals surface area contributed by atoms with Crippen molar-refractivity contribution in [3.05, 3.63) is 58.5 Å². The molecule has 0 unspecified atom stereocenters. The fraction of sp³-hybridized carbons (Fsp3) is 0.391. The third-order valence-corrected chi connectivity index (χ3v) is 5.26. The Bertz CT molecular complexity index is 1140. The smallest absolute Gasteiger partial charge is 0.343 e. The maximum atomic E-state index is 13.1. The Kier molecular flexibility index (Phi) is 6.77. The molecule has 3 heterocycles. The first kappa shape index (κ1) is 21.9. The Hall–Kier alpha value is -3.30. The standard InChI is InChI=1S/C23H27N5O4/c1-3-10-28(26-11-13-31-14-12-26)23-24-15-18-20(29)19(22(30)32-4-2)16-27(21(18)25-23)17-8-6-5-7-9-17/h5-9,15-16H,3-4,10-14H2,1-2H3. The van der Waals surface area contributed by atoms with E-state index in [0.717, 1.165) is 31.7 Å². The van der Waals surface area contributed by atoms with Crippen LogP contribution in [0.25, 0.3) is 16.7 Å². The van der Waals surface area contributed by atoms with E-state index in [0.29, 0.717) is 24.8 Å². The third-order valence-electron chi connectivity index (χ3n) is 5.26. The van der Waals surface area contributed by atoms with Crippen LogP contribution in [-0.2, 0) is 9.47 Å². The van der Waals surface area contributed by atoms with E-state index in [2.05, 4.69) is 16.9 Å². The van der Waals surface area contributed by atoms with Gasteiger partial charge in [-0.05, 0) is 25.5 Å². The van der Waals surface area contributed by atoms with Crippen LogP contribution >= 0.6 is 0 Å². The van der Waals surface area contributed by atoms with Crippen molar-refractivity contribution in [1.82, 2.24) is 19.5 Å². The molecule has 0 aliphatic carbocycles. The van der Waals surface area contributed by atoms with E-state index in [-0.39, 0.29) is 17.6 Å². The molecule has 0 N–H and O–H groups in total. The number of ether oxygens (including phenoxy) is 2. The molecule has 1 fully saturated rings. The van der Waals surface area contributed by atoms with E-state index >= 15 is 0 Å². The molecule has 4 rings (SSSR count). The first-order valence-corrected chi connectivity index (χ1v) is 10.9. The van der Waals surface area contributed by atoms with Crippen molar-refractivity contribution in [2.24, 2.45) is 0 Å². The van der Waals surface area contributed by atoms with Crippen LogP contribution in [-0.4, -0.2) is 65.0 Å². The van der Waals surface area contributed by atoms with Crippen LogP contribution in [0.2, 0.25) is 0 Å². The van der Waals surface area contributed by atoms with Gasteiger partial charge < -0.3 is 14.0 Å². The predicted octanol–water partition coefficient (Wildman–Crippen LogP) is 2.42. The quantitative estimate of drug-likeness (QED) is 0.521. The Labute approximate surface area is 186 Å². The van der Waals surface area contributed by atoms with Gasteiger partial charge >= 0.3 is 5.97 Å². The molecule has 32 heavy (non-hydrogen) atoms. The second-order valence-corrected chi connectivity index (χ2v) is 7.39. The summed E-state index contributed by atoms with van der Waals surface area (Å²) in [5.41, 5.74) is 0.735. The summed E-state index contributed by atoms with van der Waals surface area (Å²) < 4.78 is 12.3. The van der Waals surface area contributed by atoms with Gasteiger partial charge in [0.1, 0.15) is 5.56 Å². The number of hydrogen-bond acceptors (Lipinski definition) is 8. The summed E-state index contributed by atoms with van der Waals surface area (Å²) >= 11 is 0. The molecule has 0 saturated carbocycles. The maximum Gasteiger partial charge on any atom is 0.343 e. The molecule has 0 spiro atoms. The van der Waals surface area contributed by atoms with Gasteiger partial charge in [-0.2, -0.15) is 4.98 Å². The van der Waals surface area contributed by atoms with Crippen molar-refractivity contribution < 1.29 is 14.3 Å². The van der Waals surface area contributed by atoms with Crippen molar-refractivity contribution in [3.63, 3.8) is 0 Å². The molecular weight excluding hydrogens is 410 g/mol. The molecule has 0 atom stereocenters. The van der Waals surface area contributed by atoms with Gasteiger partial charge in [0.05, 0.1) is 25.2 Å². The topological polar surface area (TPSA) is 89.8 Å². The van der Waals surface area contributed by atoms with Crippen molar-refractivity contribution in [2.75, 3.05) is 44.5 Å². The number of esters is 1. The molecule has 0 radical (unpaired) electrons. The largest absolute Gasteiger partial charge is 0.462 e. The van der Waals surface area contributed by atoms with Crippen LogP contribution in [0, 0.1) is 0 Å². The Morgan fingerprint density at radius 3 is 2.62 bits per heavy atom. The molecule has 0 amide bonds. The first-order chi connectivity index (χ1) is 15.6. The van der Waals surface area contributed by atoms with Gasteiger partial charge in [0, 0.05) is 37.7 Å². The zero-order chi connectivity index (χ0) is 22.5. The van der Waals surface area contributed by atoms with Crippen molar-refractivity contribution in [1.29, 1.82) is 0 Å². The molecule has 168 valence electrons. The zero-order valence-electron chi connectivity index (χ0n) is 18.4. The van der Waals surface area contributed by atoms with E-state index < -0.39 is 11.4 Å². The zero-order valence-corrected chi connectivity index (χ0v) is 18.4. The molecule has 0 bridgehead atoms. The summed E-state index contributed by atoms with van der Waals surface area (Å²) in [4.78, 5) is 34.9. The summed E-state index contributed by atoms with van der Waals surface area (Å²) in [5, 5.41) is 4.48. The number of hydrogen-bond donors (Lipinski definition) is 0. The number of aromatic nitrogens is 3. The monoisotopic (exact) mass is 437 g/mol. The molecule has 1 aromatic carbocycles. The highest BCUT2D eigenvalue weighted by atomic mass is 16.5. The van der Waals surface area contributed by atoms with Gasteiger partial charge in [0.25, 0.3) is 0 Å². The average molecular weight is 438 g/mol. The number of pyridine rings is 1. The van der Waals surface area contributed by atoms with Gasteiger partial charge in [0.15, 0.2) is 5.65 Å². The number of para-hydroxylation sites is 1. The van der Waals surface area contributed by atoms with Crippen LogP contribution in [0.3, 0.4) is 0 Å². The minimum atomic E-state index is -0.658. The lowest BCUT2D eigenvalue weighted by atomic mass is 10.2. The summed E-state index contributed by atoms with van der Waals surface area (Å²) in [6.45, 7) is 7.50. The summed E-state index contributed by atoms with van der Waals surface area (Å²) in [6, 6.07) is 9.48. The highest BCUT2D eigenvalue weighted by Crippen LogP contribution is 2.20. The van der Waals surface area contributed by atoms with Gasteiger partial charge in [-0.1, -0.05) is 25.1 Å². The number of hydrazine groups is 1. The SMILES string of the molecule is CCCN(c1ncc2c(=O)c(C(=O)OCC)cn(-c3ccccc3)c2n1)N1CCOCC1. The van der Waals surface area contributed by atoms with E-state index in [9.17, 15) is 9.59 Å². The van der Waals surface area contributed by atoms with Crippen molar-refractivity contribution in [3.8, 4) is 5.69 Å². The minimum absolute atomic E-state index is 0.0434. The van der Waals surface area contributed by atoms with Gasteiger partial charge in [-0.25, -0.2) is 14.8 Å². The number of rotatable bonds is 7. The molecule has 3 aromatic rings. The lowest BCUT2D eigenvalue weighted by Crippen LogP contribution is -2.50. The van der Waals surface area contributed by atoms with Gasteiger partial charge in [-0.3, -0.25) is 9.80 Å². The van der Waals surface area contributed by atoms with Crippen LogP contribution < -0.4 is 10.4 Å². The number of benzene rings is 1. The number of nitrogens with zero attached hydrogens (tertiary/aromatic N) is 5. The van der Waals surface area contributed by atoms with E-state index in [1.165, 1.54) is 12.4 Å². The van der Waals surface area contributed by atoms with E-state index in [1.54, 1.807) is 11.5 Å².